The van der Waals surface area contributed by atoms with Gasteiger partial charge in [-0.3, -0.25) is 4.79 Å². The van der Waals surface area contributed by atoms with E-state index in [1.165, 1.54) is 25.5 Å². The van der Waals surface area contributed by atoms with E-state index in [2.05, 4.69) is 36.7 Å². The molecule has 3 saturated carbocycles. The molecule has 1 aliphatic heterocycles. The molecule has 5 heteroatoms. The standard InChI is InChI=1S/C22H29N3O2/c1-20(2)17(15-27-18-5-4-16(12-23)13-24-18)14-25(19(20)26)22-9-6-21(3,7-10-22)8-11-22/h4-5,13,17H,6-11,14-15H2,1-3H3. The molecule has 1 saturated heterocycles. The fraction of sp³-hybridized carbons (Fsp3) is 0.682. The molecule has 0 radical (unpaired) electrons. The van der Waals surface area contributed by atoms with Gasteiger partial charge in [0.05, 0.1) is 17.6 Å². The highest BCUT2D eigenvalue weighted by Crippen LogP contribution is 2.56. The van der Waals surface area contributed by atoms with Crippen molar-refractivity contribution >= 4 is 5.91 Å². The summed E-state index contributed by atoms with van der Waals surface area (Å²) in [6, 6.07) is 5.49. The number of fused-ring (bicyclic) bond motifs is 3. The summed E-state index contributed by atoms with van der Waals surface area (Å²) < 4.78 is 5.90. The Bertz CT molecular complexity index is 753. The van der Waals surface area contributed by atoms with E-state index < -0.39 is 5.41 Å². The van der Waals surface area contributed by atoms with Crippen LogP contribution >= 0.6 is 0 Å². The molecule has 2 bridgehead atoms. The number of carbonyl (C=O) groups excluding carboxylic acids is 1. The smallest absolute Gasteiger partial charge is 0.229 e. The minimum Gasteiger partial charge on any atom is -0.477 e. The van der Waals surface area contributed by atoms with Crippen molar-refractivity contribution in [3.8, 4) is 11.9 Å². The topological polar surface area (TPSA) is 66.2 Å². The molecule has 1 unspecified atom stereocenters. The molecule has 4 aliphatic rings. The second-order valence-electron chi connectivity index (χ2n) is 9.68. The summed E-state index contributed by atoms with van der Waals surface area (Å²) >= 11 is 0. The molecule has 5 nitrogen and oxygen atoms in total. The van der Waals surface area contributed by atoms with Crippen molar-refractivity contribution < 1.29 is 9.53 Å². The van der Waals surface area contributed by atoms with Crippen LogP contribution in [0.3, 0.4) is 0 Å². The lowest BCUT2D eigenvalue weighted by atomic mass is 9.57. The monoisotopic (exact) mass is 367 g/mol. The summed E-state index contributed by atoms with van der Waals surface area (Å²) in [5.41, 5.74) is 0.683. The first-order valence-corrected chi connectivity index (χ1v) is 10.1. The molecule has 0 spiro atoms. The van der Waals surface area contributed by atoms with Crippen LogP contribution in [0.2, 0.25) is 0 Å². The van der Waals surface area contributed by atoms with E-state index in [1.807, 2.05) is 0 Å². The zero-order chi connectivity index (χ0) is 19.3. The second kappa shape index (κ2) is 6.22. The lowest BCUT2D eigenvalue weighted by Gasteiger charge is -2.56. The van der Waals surface area contributed by atoms with Gasteiger partial charge in [-0.05, 0) is 50.0 Å². The Kier molecular flexibility index (Phi) is 4.21. The first kappa shape index (κ1) is 18.3. The van der Waals surface area contributed by atoms with Gasteiger partial charge in [0.25, 0.3) is 0 Å². The average Bonchev–Trinajstić information content (AvgIpc) is 2.91. The van der Waals surface area contributed by atoms with Crippen LogP contribution in [-0.2, 0) is 4.79 Å². The van der Waals surface area contributed by atoms with Gasteiger partial charge < -0.3 is 9.64 Å². The Labute approximate surface area is 161 Å². The van der Waals surface area contributed by atoms with Crippen LogP contribution in [0.4, 0.5) is 0 Å². The Morgan fingerprint density at radius 2 is 1.85 bits per heavy atom. The average molecular weight is 367 g/mol. The maximum Gasteiger partial charge on any atom is 0.229 e. The molecule has 1 atom stereocenters. The summed E-state index contributed by atoms with van der Waals surface area (Å²) in [7, 11) is 0. The van der Waals surface area contributed by atoms with E-state index in [0.717, 1.165) is 25.8 Å². The lowest BCUT2D eigenvalue weighted by Crippen LogP contribution is -2.57. The zero-order valence-electron chi connectivity index (χ0n) is 16.6. The normalized spacial score (nSPS) is 34.5. The summed E-state index contributed by atoms with van der Waals surface area (Å²) in [5.74, 6) is 0.946. The SMILES string of the molecule is CC12CCC(N3CC(COc4ccc(C#N)cn4)C(C)(C)C3=O)(CC1)CC2. The zero-order valence-corrected chi connectivity index (χ0v) is 16.6. The fourth-order valence-electron chi connectivity index (χ4n) is 5.20. The van der Waals surface area contributed by atoms with Gasteiger partial charge in [-0.1, -0.05) is 20.8 Å². The number of nitrogens with zero attached hydrogens (tertiary/aromatic N) is 3. The number of carbonyl (C=O) groups is 1. The van der Waals surface area contributed by atoms with Crippen molar-refractivity contribution in [3.63, 3.8) is 0 Å². The van der Waals surface area contributed by atoms with Crippen molar-refractivity contribution in [1.29, 1.82) is 5.26 Å². The van der Waals surface area contributed by atoms with E-state index in [-0.39, 0.29) is 17.4 Å². The number of hydrogen-bond donors (Lipinski definition) is 0. The third-order valence-corrected chi connectivity index (χ3v) is 7.67. The Morgan fingerprint density at radius 3 is 2.41 bits per heavy atom. The largest absolute Gasteiger partial charge is 0.477 e. The third kappa shape index (κ3) is 2.99. The van der Waals surface area contributed by atoms with Gasteiger partial charge in [0.15, 0.2) is 0 Å². The van der Waals surface area contributed by atoms with Crippen LogP contribution in [0.15, 0.2) is 18.3 Å². The second-order valence-corrected chi connectivity index (χ2v) is 9.68. The van der Waals surface area contributed by atoms with Crippen molar-refractivity contribution in [2.75, 3.05) is 13.2 Å². The number of hydrogen-bond acceptors (Lipinski definition) is 4. The van der Waals surface area contributed by atoms with Crippen molar-refractivity contribution in [3.05, 3.63) is 23.9 Å². The predicted molar refractivity (Wildman–Crippen MR) is 102 cm³/mol. The van der Waals surface area contributed by atoms with Gasteiger partial charge >= 0.3 is 0 Å². The molecule has 3 aliphatic carbocycles. The first-order valence-electron chi connectivity index (χ1n) is 10.1. The highest BCUT2D eigenvalue weighted by Gasteiger charge is 2.57. The molecule has 1 amide bonds. The van der Waals surface area contributed by atoms with Crippen LogP contribution in [-0.4, -0.2) is 34.5 Å². The minimum atomic E-state index is -0.417. The quantitative estimate of drug-likeness (QED) is 0.809. The predicted octanol–water partition coefficient (Wildman–Crippen LogP) is 3.93. The van der Waals surface area contributed by atoms with E-state index in [9.17, 15) is 4.79 Å². The lowest BCUT2D eigenvalue weighted by molar-refractivity contribution is -0.146. The Morgan fingerprint density at radius 1 is 1.19 bits per heavy atom. The summed E-state index contributed by atoms with van der Waals surface area (Å²) in [6.45, 7) is 7.78. The number of rotatable bonds is 4. The van der Waals surface area contributed by atoms with Crippen LogP contribution in [0, 0.1) is 28.1 Å². The van der Waals surface area contributed by atoms with Gasteiger partial charge in [-0.2, -0.15) is 5.26 Å². The van der Waals surface area contributed by atoms with E-state index in [0.29, 0.717) is 23.5 Å². The van der Waals surface area contributed by atoms with Gasteiger partial charge in [-0.15, -0.1) is 0 Å². The number of nitriles is 1. The number of pyridine rings is 1. The number of likely N-dealkylation sites (tertiary alicyclic amines) is 1. The number of ether oxygens (including phenoxy) is 1. The molecule has 5 rings (SSSR count). The molecular weight excluding hydrogens is 338 g/mol. The van der Waals surface area contributed by atoms with Crippen LogP contribution in [0.25, 0.3) is 0 Å². The number of amides is 1. The molecule has 1 aromatic heterocycles. The van der Waals surface area contributed by atoms with Crippen molar-refractivity contribution in [1.82, 2.24) is 9.88 Å². The Balaban J connectivity index is 1.46. The summed E-state index contributed by atoms with van der Waals surface area (Å²) in [4.78, 5) is 19.7. The van der Waals surface area contributed by atoms with E-state index in [4.69, 9.17) is 10.00 Å². The summed E-state index contributed by atoms with van der Waals surface area (Å²) in [6.07, 6.45) is 8.70. The molecule has 2 heterocycles. The van der Waals surface area contributed by atoms with Gasteiger partial charge in [0, 0.05) is 30.3 Å². The van der Waals surface area contributed by atoms with Crippen LogP contribution < -0.4 is 4.74 Å². The molecule has 0 aromatic carbocycles. The molecule has 1 aromatic rings. The molecular formula is C22H29N3O2. The molecule has 144 valence electrons. The first-order chi connectivity index (χ1) is 12.8. The van der Waals surface area contributed by atoms with Gasteiger partial charge in [0.2, 0.25) is 11.8 Å². The van der Waals surface area contributed by atoms with Crippen molar-refractivity contribution in [2.24, 2.45) is 16.7 Å². The molecule has 27 heavy (non-hydrogen) atoms. The maximum atomic E-state index is 13.3. The van der Waals surface area contributed by atoms with Crippen molar-refractivity contribution in [2.45, 2.75) is 64.8 Å². The van der Waals surface area contributed by atoms with Crippen LogP contribution in [0.5, 0.6) is 5.88 Å². The van der Waals surface area contributed by atoms with E-state index >= 15 is 0 Å². The maximum absolute atomic E-state index is 13.3. The van der Waals surface area contributed by atoms with Gasteiger partial charge in [0.1, 0.15) is 6.07 Å². The molecule has 0 N–H and O–H groups in total. The Hall–Kier alpha value is -2.09. The highest BCUT2D eigenvalue weighted by atomic mass is 16.5. The summed E-state index contributed by atoms with van der Waals surface area (Å²) in [5, 5.41) is 8.87. The number of aromatic nitrogens is 1. The fourth-order valence-corrected chi connectivity index (χ4v) is 5.20. The molecule has 4 fully saturated rings. The van der Waals surface area contributed by atoms with Gasteiger partial charge in [-0.25, -0.2) is 4.98 Å². The highest BCUT2D eigenvalue weighted by molar-refractivity contribution is 5.85. The van der Waals surface area contributed by atoms with E-state index in [1.54, 1.807) is 12.1 Å². The third-order valence-electron chi connectivity index (χ3n) is 7.67. The minimum absolute atomic E-state index is 0.0769. The van der Waals surface area contributed by atoms with Crippen LogP contribution in [0.1, 0.15) is 64.9 Å².